The molecule has 3 rings (SSSR count). The zero-order chi connectivity index (χ0) is 13.4. The average molecular weight is 429 g/mol. The average Bonchev–Trinajstić information content (AvgIpc) is 2.84. The highest BCUT2D eigenvalue weighted by molar-refractivity contribution is 14.1. The van der Waals surface area contributed by atoms with Crippen LogP contribution in [-0.4, -0.2) is 5.11 Å². The summed E-state index contributed by atoms with van der Waals surface area (Å²) >= 11 is 5.64. The molecule has 1 atom stereocenters. The maximum Gasteiger partial charge on any atom is 0.138 e. The molecule has 0 radical (unpaired) electrons. The normalized spacial score (nSPS) is 12.8. The third kappa shape index (κ3) is 2.57. The molecule has 3 aromatic rings. The number of hydrogen-bond donors (Lipinski definition) is 1. The first-order chi connectivity index (χ1) is 9.15. The van der Waals surface area contributed by atoms with Crippen LogP contribution < -0.4 is 0 Å². The molecule has 0 aliphatic rings. The number of benzene rings is 2. The van der Waals surface area contributed by atoms with Crippen LogP contribution in [0, 0.1) is 3.57 Å². The Morgan fingerprint density at radius 2 is 1.89 bits per heavy atom. The van der Waals surface area contributed by atoms with Gasteiger partial charge in [0.05, 0.1) is 0 Å². The van der Waals surface area contributed by atoms with Gasteiger partial charge in [0.2, 0.25) is 0 Å². The quantitative estimate of drug-likeness (QED) is 0.590. The van der Waals surface area contributed by atoms with Crippen LogP contribution >= 0.6 is 38.5 Å². The first-order valence-corrected chi connectivity index (χ1v) is 7.64. The first-order valence-electron chi connectivity index (χ1n) is 5.76. The van der Waals surface area contributed by atoms with Gasteiger partial charge in [-0.2, -0.15) is 0 Å². The van der Waals surface area contributed by atoms with Crippen LogP contribution in [0.1, 0.15) is 17.4 Å². The maximum atomic E-state index is 10.5. The second-order valence-electron chi connectivity index (χ2n) is 4.25. The lowest BCUT2D eigenvalue weighted by molar-refractivity contribution is 0.191. The van der Waals surface area contributed by atoms with E-state index >= 15 is 0 Å². The van der Waals surface area contributed by atoms with E-state index in [1.165, 1.54) is 0 Å². The van der Waals surface area contributed by atoms with E-state index in [1.54, 1.807) is 0 Å². The summed E-state index contributed by atoms with van der Waals surface area (Å²) in [5.41, 5.74) is 1.63. The van der Waals surface area contributed by atoms with E-state index in [9.17, 15) is 5.11 Å². The number of fused-ring (bicyclic) bond motifs is 1. The second kappa shape index (κ2) is 5.26. The fourth-order valence-corrected chi connectivity index (χ4v) is 3.02. The predicted octanol–water partition coefficient (Wildman–Crippen LogP) is 4.88. The van der Waals surface area contributed by atoms with Gasteiger partial charge in [-0.25, -0.2) is 0 Å². The number of halogens is 2. The SMILES string of the molecule is OC(c1cc2ccccc2o1)c1cc(Br)ccc1I. The minimum atomic E-state index is -0.753. The molecule has 19 heavy (non-hydrogen) atoms. The molecule has 0 amide bonds. The van der Waals surface area contributed by atoms with Gasteiger partial charge in [0.25, 0.3) is 0 Å². The smallest absolute Gasteiger partial charge is 0.138 e. The predicted molar refractivity (Wildman–Crippen MR) is 87.1 cm³/mol. The van der Waals surface area contributed by atoms with Crippen LogP contribution in [0.4, 0.5) is 0 Å². The van der Waals surface area contributed by atoms with Crippen LogP contribution in [-0.2, 0) is 0 Å². The first kappa shape index (κ1) is 13.1. The zero-order valence-corrected chi connectivity index (χ0v) is 13.6. The summed E-state index contributed by atoms with van der Waals surface area (Å²) in [5.74, 6) is 0.567. The van der Waals surface area contributed by atoms with Crippen LogP contribution in [0.3, 0.4) is 0 Å². The Morgan fingerprint density at radius 3 is 2.68 bits per heavy atom. The monoisotopic (exact) mass is 428 g/mol. The largest absolute Gasteiger partial charge is 0.458 e. The van der Waals surface area contributed by atoms with E-state index in [0.29, 0.717) is 5.76 Å². The number of para-hydroxylation sites is 1. The van der Waals surface area contributed by atoms with Gasteiger partial charge < -0.3 is 9.52 Å². The number of hydrogen-bond acceptors (Lipinski definition) is 2. The zero-order valence-electron chi connectivity index (χ0n) is 9.81. The Morgan fingerprint density at radius 1 is 1.11 bits per heavy atom. The number of aliphatic hydroxyl groups excluding tert-OH is 1. The van der Waals surface area contributed by atoms with E-state index in [0.717, 1.165) is 24.6 Å². The van der Waals surface area contributed by atoms with E-state index in [2.05, 4.69) is 38.5 Å². The van der Waals surface area contributed by atoms with Crippen LogP contribution in [0.15, 0.2) is 57.4 Å². The lowest BCUT2D eigenvalue weighted by Crippen LogP contribution is -2.00. The lowest BCUT2D eigenvalue weighted by atomic mass is 10.1. The van der Waals surface area contributed by atoms with E-state index in [-0.39, 0.29) is 0 Å². The molecule has 2 aromatic carbocycles. The molecule has 0 fully saturated rings. The highest BCUT2D eigenvalue weighted by atomic mass is 127. The van der Waals surface area contributed by atoms with Gasteiger partial charge in [-0.05, 0) is 52.9 Å². The van der Waals surface area contributed by atoms with Crippen LogP contribution in [0.25, 0.3) is 11.0 Å². The van der Waals surface area contributed by atoms with Crippen molar-refractivity contribution >= 4 is 49.5 Å². The molecule has 1 heterocycles. The van der Waals surface area contributed by atoms with Gasteiger partial charge in [0, 0.05) is 19.0 Å². The topological polar surface area (TPSA) is 33.4 Å². The summed E-state index contributed by atoms with van der Waals surface area (Å²) in [6, 6.07) is 15.5. The molecule has 0 aliphatic heterocycles. The van der Waals surface area contributed by atoms with E-state index < -0.39 is 6.10 Å². The third-order valence-corrected chi connectivity index (χ3v) is 4.44. The van der Waals surface area contributed by atoms with Crippen molar-refractivity contribution < 1.29 is 9.52 Å². The van der Waals surface area contributed by atoms with E-state index in [4.69, 9.17) is 4.42 Å². The van der Waals surface area contributed by atoms with Gasteiger partial charge >= 0.3 is 0 Å². The van der Waals surface area contributed by atoms with Gasteiger partial charge in [-0.3, -0.25) is 0 Å². The highest BCUT2D eigenvalue weighted by Crippen LogP contribution is 2.31. The molecular weight excluding hydrogens is 419 g/mol. The highest BCUT2D eigenvalue weighted by Gasteiger charge is 2.18. The molecule has 0 saturated carbocycles. The molecule has 4 heteroatoms. The number of rotatable bonds is 2. The molecule has 0 spiro atoms. The Kier molecular flexibility index (Phi) is 3.64. The fourth-order valence-electron chi connectivity index (χ4n) is 2.01. The van der Waals surface area contributed by atoms with Crippen molar-refractivity contribution in [1.29, 1.82) is 0 Å². The Labute approximate surface area is 132 Å². The summed E-state index contributed by atoms with van der Waals surface area (Å²) in [5, 5.41) is 11.5. The van der Waals surface area contributed by atoms with Crippen molar-refractivity contribution in [1.82, 2.24) is 0 Å². The van der Waals surface area contributed by atoms with Crippen molar-refractivity contribution in [3.05, 3.63) is 67.9 Å². The summed E-state index contributed by atoms with van der Waals surface area (Å²) in [7, 11) is 0. The Balaban J connectivity index is 2.07. The summed E-state index contributed by atoms with van der Waals surface area (Å²) in [6.45, 7) is 0. The van der Waals surface area contributed by atoms with E-state index in [1.807, 2.05) is 48.5 Å². The molecule has 1 unspecified atom stereocenters. The minimum Gasteiger partial charge on any atom is -0.458 e. The molecule has 1 N–H and O–H groups in total. The number of aliphatic hydroxyl groups is 1. The van der Waals surface area contributed by atoms with Crippen molar-refractivity contribution in [3.8, 4) is 0 Å². The molecule has 0 bridgehead atoms. The lowest BCUT2D eigenvalue weighted by Gasteiger charge is -2.10. The van der Waals surface area contributed by atoms with Crippen molar-refractivity contribution in [2.75, 3.05) is 0 Å². The Hall–Kier alpha value is -0.850. The van der Waals surface area contributed by atoms with Crippen molar-refractivity contribution in [2.45, 2.75) is 6.10 Å². The molecule has 0 saturated heterocycles. The van der Waals surface area contributed by atoms with Gasteiger partial charge in [-0.1, -0.05) is 34.1 Å². The molecule has 1 aromatic heterocycles. The summed E-state index contributed by atoms with van der Waals surface area (Å²) in [4.78, 5) is 0. The molecule has 2 nitrogen and oxygen atoms in total. The standard InChI is InChI=1S/C15H10BrIO2/c16-10-5-6-12(17)11(8-10)15(18)14-7-9-3-1-2-4-13(9)19-14/h1-8,15,18H. The Bertz CT molecular complexity index is 703. The fraction of sp³-hybridized carbons (Fsp3) is 0.0667. The number of furan rings is 1. The van der Waals surface area contributed by atoms with Gasteiger partial charge in [0.15, 0.2) is 0 Å². The third-order valence-electron chi connectivity index (χ3n) is 2.97. The molecule has 96 valence electrons. The minimum absolute atomic E-state index is 0.567. The molecule has 0 aliphatic carbocycles. The van der Waals surface area contributed by atoms with Crippen molar-refractivity contribution in [2.24, 2.45) is 0 Å². The second-order valence-corrected chi connectivity index (χ2v) is 6.33. The van der Waals surface area contributed by atoms with Crippen molar-refractivity contribution in [3.63, 3.8) is 0 Å². The van der Waals surface area contributed by atoms with Crippen LogP contribution in [0.2, 0.25) is 0 Å². The molecular formula is C15H10BrIO2. The summed E-state index contributed by atoms with van der Waals surface area (Å²) < 4.78 is 7.66. The van der Waals surface area contributed by atoms with Crippen LogP contribution in [0.5, 0.6) is 0 Å². The maximum absolute atomic E-state index is 10.5. The summed E-state index contributed by atoms with van der Waals surface area (Å²) in [6.07, 6.45) is -0.753. The van der Waals surface area contributed by atoms with Gasteiger partial charge in [-0.15, -0.1) is 0 Å². The van der Waals surface area contributed by atoms with Gasteiger partial charge in [0.1, 0.15) is 17.4 Å².